The zero-order valence-electron chi connectivity index (χ0n) is 14.8. The maximum absolute atomic E-state index is 12.3. The van der Waals surface area contributed by atoms with E-state index in [4.69, 9.17) is 9.47 Å². The number of esters is 1. The molecule has 5 nitrogen and oxygen atoms in total. The summed E-state index contributed by atoms with van der Waals surface area (Å²) < 4.78 is 34.1. The molecule has 0 bridgehead atoms. The summed E-state index contributed by atoms with van der Waals surface area (Å²) in [7, 11) is -3.21. The van der Waals surface area contributed by atoms with E-state index >= 15 is 0 Å². The van der Waals surface area contributed by atoms with Crippen molar-refractivity contribution in [3.8, 4) is 11.1 Å². The van der Waals surface area contributed by atoms with Crippen LogP contribution in [-0.4, -0.2) is 39.5 Å². The fourth-order valence-corrected chi connectivity index (χ4v) is 3.50. The Labute approximate surface area is 153 Å². The van der Waals surface area contributed by atoms with Gasteiger partial charge in [0.1, 0.15) is 6.10 Å². The van der Waals surface area contributed by atoms with Gasteiger partial charge in [0.2, 0.25) is 0 Å². The van der Waals surface area contributed by atoms with Crippen molar-refractivity contribution in [2.75, 3.05) is 12.9 Å². The molecule has 6 heteroatoms. The Morgan fingerprint density at radius 3 is 2.08 bits per heavy atom. The highest BCUT2D eigenvalue weighted by Gasteiger charge is 2.22. The van der Waals surface area contributed by atoms with Gasteiger partial charge in [-0.2, -0.15) is 0 Å². The van der Waals surface area contributed by atoms with Gasteiger partial charge >= 0.3 is 5.97 Å². The lowest BCUT2D eigenvalue weighted by Crippen LogP contribution is -2.31. The van der Waals surface area contributed by atoms with E-state index in [1.165, 1.54) is 6.26 Å². The van der Waals surface area contributed by atoms with E-state index in [0.29, 0.717) is 12.2 Å². The maximum atomic E-state index is 12.3. The summed E-state index contributed by atoms with van der Waals surface area (Å²) in [5.74, 6) is -0.355. The Morgan fingerprint density at radius 2 is 1.58 bits per heavy atom. The molecule has 2 aromatic carbocycles. The first-order valence-electron chi connectivity index (χ1n) is 8.56. The Hall–Kier alpha value is -2.18. The second-order valence-corrected chi connectivity index (χ2v) is 8.64. The molecule has 138 valence electrons. The Balaban J connectivity index is 1.67. The minimum absolute atomic E-state index is 0.193. The number of carbonyl (C=O) groups is 1. The monoisotopic (exact) mass is 374 g/mol. The highest BCUT2D eigenvalue weighted by molar-refractivity contribution is 7.90. The molecule has 0 aromatic heterocycles. The molecule has 1 aliphatic rings. The molecular formula is C20H22O5S. The van der Waals surface area contributed by atoms with Gasteiger partial charge in [0, 0.05) is 6.26 Å². The first-order valence-corrected chi connectivity index (χ1v) is 10.5. The zero-order chi connectivity index (χ0) is 18.7. The summed E-state index contributed by atoms with van der Waals surface area (Å²) in [6.07, 6.45) is 2.92. The second kappa shape index (κ2) is 7.60. The van der Waals surface area contributed by atoms with Gasteiger partial charge in [-0.05, 0) is 55.2 Å². The first kappa shape index (κ1) is 18.6. The zero-order valence-corrected chi connectivity index (χ0v) is 15.7. The molecule has 26 heavy (non-hydrogen) atoms. The lowest BCUT2D eigenvalue weighted by Gasteiger charge is -2.26. The van der Waals surface area contributed by atoms with Crippen LogP contribution in [0.1, 0.15) is 30.1 Å². The van der Waals surface area contributed by atoms with E-state index in [-0.39, 0.29) is 23.1 Å². The van der Waals surface area contributed by atoms with E-state index in [0.717, 1.165) is 24.0 Å². The topological polar surface area (TPSA) is 69.7 Å². The molecule has 0 aliphatic carbocycles. The number of hydrogen-bond donors (Lipinski definition) is 0. The van der Waals surface area contributed by atoms with Crippen molar-refractivity contribution in [2.45, 2.75) is 36.9 Å². The third-order valence-electron chi connectivity index (χ3n) is 4.47. The van der Waals surface area contributed by atoms with Crippen LogP contribution in [0.15, 0.2) is 53.4 Å². The molecule has 1 heterocycles. The molecule has 0 radical (unpaired) electrons. The molecule has 1 saturated heterocycles. The summed E-state index contributed by atoms with van der Waals surface area (Å²) in [4.78, 5) is 12.5. The number of ether oxygens (including phenoxy) is 2. The van der Waals surface area contributed by atoms with Gasteiger partial charge in [0.25, 0.3) is 0 Å². The quantitative estimate of drug-likeness (QED) is 0.767. The van der Waals surface area contributed by atoms with Crippen LogP contribution in [0.25, 0.3) is 11.1 Å². The fourth-order valence-electron chi connectivity index (χ4n) is 2.86. The molecule has 2 aromatic rings. The molecule has 2 unspecified atom stereocenters. The van der Waals surface area contributed by atoms with Crippen molar-refractivity contribution in [1.29, 1.82) is 0 Å². The van der Waals surface area contributed by atoms with Crippen molar-refractivity contribution in [3.05, 3.63) is 54.1 Å². The summed E-state index contributed by atoms with van der Waals surface area (Å²) in [5, 5.41) is 0. The number of benzene rings is 2. The average molecular weight is 374 g/mol. The molecule has 1 fully saturated rings. The summed E-state index contributed by atoms with van der Waals surface area (Å²) in [6, 6.07) is 13.8. The first-order chi connectivity index (χ1) is 12.3. The molecule has 3 rings (SSSR count). The Kier molecular flexibility index (Phi) is 5.44. The molecule has 0 amide bonds. The second-order valence-electron chi connectivity index (χ2n) is 6.62. The van der Waals surface area contributed by atoms with Gasteiger partial charge in [-0.1, -0.05) is 24.3 Å². The minimum atomic E-state index is -3.21. The van der Waals surface area contributed by atoms with E-state index in [1.54, 1.807) is 36.4 Å². The van der Waals surface area contributed by atoms with Crippen LogP contribution in [0.2, 0.25) is 0 Å². The standard InChI is InChI=1S/C20H22O5S/c1-14-3-10-18(13-24-14)25-20(21)17-6-4-15(5-7-17)16-8-11-19(12-9-16)26(2,22)23/h4-9,11-12,14,18H,3,10,13H2,1-2H3. The SMILES string of the molecule is CC1CCC(OC(=O)c2ccc(-c3ccc(S(C)(=O)=O)cc3)cc2)CO1. The van der Waals surface area contributed by atoms with Gasteiger partial charge in [0.05, 0.1) is 23.2 Å². The molecule has 0 spiro atoms. The van der Waals surface area contributed by atoms with Gasteiger partial charge < -0.3 is 9.47 Å². The van der Waals surface area contributed by atoms with Gasteiger partial charge in [-0.3, -0.25) is 0 Å². The van der Waals surface area contributed by atoms with Crippen molar-refractivity contribution in [1.82, 2.24) is 0 Å². The largest absolute Gasteiger partial charge is 0.456 e. The lowest BCUT2D eigenvalue weighted by molar-refractivity contribution is -0.0602. The highest BCUT2D eigenvalue weighted by Crippen LogP contribution is 2.23. The smallest absolute Gasteiger partial charge is 0.338 e. The van der Waals surface area contributed by atoms with Crippen LogP contribution in [-0.2, 0) is 19.3 Å². The van der Waals surface area contributed by atoms with E-state index in [9.17, 15) is 13.2 Å². The van der Waals surface area contributed by atoms with Gasteiger partial charge in [-0.15, -0.1) is 0 Å². The number of rotatable bonds is 4. The Bertz CT molecular complexity index is 861. The van der Waals surface area contributed by atoms with Crippen LogP contribution in [0.5, 0.6) is 0 Å². The van der Waals surface area contributed by atoms with Crippen LogP contribution in [0.4, 0.5) is 0 Å². The Morgan fingerprint density at radius 1 is 1.00 bits per heavy atom. The van der Waals surface area contributed by atoms with Crippen LogP contribution in [0.3, 0.4) is 0 Å². The van der Waals surface area contributed by atoms with E-state index in [1.807, 2.05) is 19.1 Å². The molecule has 2 atom stereocenters. The van der Waals surface area contributed by atoms with Crippen LogP contribution in [0, 0.1) is 0 Å². The van der Waals surface area contributed by atoms with Crippen molar-refractivity contribution < 1.29 is 22.7 Å². The number of hydrogen-bond acceptors (Lipinski definition) is 5. The predicted octanol–water partition coefficient (Wildman–Crippen LogP) is 3.48. The van der Waals surface area contributed by atoms with E-state index in [2.05, 4.69) is 0 Å². The predicted molar refractivity (Wildman–Crippen MR) is 98.8 cm³/mol. The normalized spacial score (nSPS) is 20.5. The molecular weight excluding hydrogens is 352 g/mol. The summed E-state index contributed by atoms with van der Waals surface area (Å²) in [5.41, 5.74) is 2.27. The van der Waals surface area contributed by atoms with E-state index < -0.39 is 9.84 Å². The van der Waals surface area contributed by atoms with Crippen molar-refractivity contribution in [3.63, 3.8) is 0 Å². The van der Waals surface area contributed by atoms with Crippen LogP contribution < -0.4 is 0 Å². The number of carbonyl (C=O) groups excluding carboxylic acids is 1. The van der Waals surface area contributed by atoms with Gasteiger partial charge in [0.15, 0.2) is 9.84 Å². The maximum Gasteiger partial charge on any atom is 0.338 e. The highest BCUT2D eigenvalue weighted by atomic mass is 32.2. The molecule has 1 aliphatic heterocycles. The van der Waals surface area contributed by atoms with Crippen LogP contribution >= 0.6 is 0 Å². The average Bonchev–Trinajstić information content (AvgIpc) is 2.63. The fraction of sp³-hybridized carbons (Fsp3) is 0.350. The lowest BCUT2D eigenvalue weighted by atomic mass is 10.0. The third kappa shape index (κ3) is 4.51. The summed E-state index contributed by atoms with van der Waals surface area (Å²) >= 11 is 0. The number of sulfone groups is 1. The van der Waals surface area contributed by atoms with Crippen molar-refractivity contribution >= 4 is 15.8 Å². The minimum Gasteiger partial charge on any atom is -0.456 e. The third-order valence-corrected chi connectivity index (χ3v) is 5.60. The van der Waals surface area contributed by atoms with Gasteiger partial charge in [-0.25, -0.2) is 13.2 Å². The summed E-state index contributed by atoms with van der Waals surface area (Å²) in [6.45, 7) is 2.46. The molecule has 0 saturated carbocycles. The molecule has 0 N–H and O–H groups in total. The van der Waals surface area contributed by atoms with Crippen molar-refractivity contribution in [2.24, 2.45) is 0 Å².